The van der Waals surface area contributed by atoms with Crippen LogP contribution in [-0.4, -0.2) is 69.0 Å². The van der Waals surface area contributed by atoms with Crippen LogP contribution in [0.3, 0.4) is 0 Å². The quantitative estimate of drug-likeness (QED) is 0.213. The first-order valence-corrected chi connectivity index (χ1v) is 14.4. The number of H-pyrrole nitrogens is 1. The van der Waals surface area contributed by atoms with Gasteiger partial charge in [0.1, 0.15) is 6.42 Å². The molecule has 1 fully saturated rings. The summed E-state index contributed by atoms with van der Waals surface area (Å²) in [5, 5.41) is 13.1. The number of carbonyl (C=O) groups excluding carboxylic acids is 2. The van der Waals surface area contributed by atoms with Crippen molar-refractivity contribution in [1.29, 1.82) is 0 Å². The molecular formula is C32H34F3N7O2. The predicted octanol–water partition coefficient (Wildman–Crippen LogP) is 5.64. The van der Waals surface area contributed by atoms with Crippen LogP contribution in [0.15, 0.2) is 60.8 Å². The highest BCUT2D eigenvalue weighted by molar-refractivity contribution is 6.08. The van der Waals surface area contributed by atoms with Crippen LogP contribution in [0.4, 0.5) is 24.5 Å². The summed E-state index contributed by atoms with van der Waals surface area (Å²) in [7, 11) is 0. The molecule has 3 heterocycles. The van der Waals surface area contributed by atoms with E-state index in [1.165, 1.54) is 12.1 Å². The molecule has 0 unspecified atom stereocenters. The number of pyridine rings is 1. The Morgan fingerprint density at radius 3 is 2.32 bits per heavy atom. The van der Waals surface area contributed by atoms with Crippen molar-refractivity contribution in [3.63, 3.8) is 0 Å². The minimum Gasteiger partial charge on any atom is -0.326 e. The van der Waals surface area contributed by atoms with Crippen LogP contribution in [0.5, 0.6) is 0 Å². The highest BCUT2D eigenvalue weighted by Gasteiger charge is 2.34. The maximum Gasteiger partial charge on any atom is 0.416 e. The lowest BCUT2D eigenvalue weighted by Crippen LogP contribution is -2.48. The van der Waals surface area contributed by atoms with E-state index in [9.17, 15) is 22.8 Å². The van der Waals surface area contributed by atoms with E-state index < -0.39 is 30.0 Å². The zero-order valence-electron chi connectivity index (χ0n) is 24.5. The molecule has 2 amide bonds. The average Bonchev–Trinajstić information content (AvgIpc) is 3.39. The summed E-state index contributed by atoms with van der Waals surface area (Å²) in [5.41, 5.74) is 1.93. The van der Waals surface area contributed by atoms with Crippen molar-refractivity contribution in [2.45, 2.75) is 39.0 Å². The lowest BCUT2D eigenvalue weighted by atomic mass is 10.0. The number of halogens is 3. The third-order valence-corrected chi connectivity index (χ3v) is 7.53. The van der Waals surface area contributed by atoms with Gasteiger partial charge in [-0.3, -0.25) is 29.5 Å². The van der Waals surface area contributed by atoms with Gasteiger partial charge < -0.3 is 10.6 Å². The Morgan fingerprint density at radius 1 is 0.955 bits per heavy atom. The minimum atomic E-state index is -4.59. The molecule has 5 rings (SSSR count). The van der Waals surface area contributed by atoms with Gasteiger partial charge in [-0.2, -0.15) is 18.3 Å². The molecule has 0 spiro atoms. The van der Waals surface area contributed by atoms with Crippen LogP contribution in [0.25, 0.3) is 23.1 Å². The molecule has 0 aliphatic carbocycles. The molecule has 3 N–H and O–H groups in total. The number of nitrogens with zero attached hydrogens (tertiary/aromatic N) is 4. The van der Waals surface area contributed by atoms with Crippen LogP contribution in [0.2, 0.25) is 0 Å². The van der Waals surface area contributed by atoms with Gasteiger partial charge in [-0.1, -0.05) is 12.1 Å². The van der Waals surface area contributed by atoms with Gasteiger partial charge in [-0.25, -0.2) is 0 Å². The van der Waals surface area contributed by atoms with Crippen molar-refractivity contribution in [2.75, 3.05) is 36.8 Å². The molecule has 44 heavy (non-hydrogen) atoms. The van der Waals surface area contributed by atoms with Crippen molar-refractivity contribution >= 4 is 46.2 Å². The van der Waals surface area contributed by atoms with Gasteiger partial charge >= 0.3 is 6.18 Å². The summed E-state index contributed by atoms with van der Waals surface area (Å²) >= 11 is 0. The fourth-order valence-electron chi connectivity index (χ4n) is 5.18. The van der Waals surface area contributed by atoms with Gasteiger partial charge in [0.05, 0.1) is 22.5 Å². The second-order valence-corrected chi connectivity index (χ2v) is 11.0. The molecular weight excluding hydrogens is 571 g/mol. The summed E-state index contributed by atoms with van der Waals surface area (Å²) < 4.78 is 41.9. The number of carbonyl (C=O) groups is 2. The van der Waals surface area contributed by atoms with E-state index >= 15 is 0 Å². The summed E-state index contributed by atoms with van der Waals surface area (Å²) in [4.78, 5) is 33.7. The number of fused-ring (bicyclic) bond motifs is 1. The normalized spacial score (nSPS) is 14.9. The molecule has 1 aliphatic heterocycles. The number of benzene rings is 2. The number of hydrogen-bond donors (Lipinski definition) is 3. The molecule has 12 heteroatoms. The van der Waals surface area contributed by atoms with Gasteiger partial charge in [0.25, 0.3) is 0 Å². The number of rotatable bonds is 9. The Bertz CT molecular complexity index is 1640. The van der Waals surface area contributed by atoms with Crippen molar-refractivity contribution in [3.05, 3.63) is 83.3 Å². The highest BCUT2D eigenvalue weighted by atomic mass is 19.4. The zero-order chi connectivity index (χ0) is 31.3. The third-order valence-electron chi connectivity index (χ3n) is 7.53. The molecule has 2 aromatic carbocycles. The Kier molecular flexibility index (Phi) is 9.40. The smallest absolute Gasteiger partial charge is 0.326 e. The van der Waals surface area contributed by atoms with E-state index in [0.29, 0.717) is 36.0 Å². The lowest BCUT2D eigenvalue weighted by molar-refractivity contribution is -0.138. The molecule has 1 aliphatic rings. The first-order chi connectivity index (χ1) is 21.0. The van der Waals surface area contributed by atoms with Crippen LogP contribution in [0.1, 0.15) is 42.8 Å². The van der Waals surface area contributed by atoms with E-state index in [-0.39, 0.29) is 17.8 Å². The molecule has 2 aromatic heterocycles. The van der Waals surface area contributed by atoms with Crippen molar-refractivity contribution in [1.82, 2.24) is 25.0 Å². The first-order valence-electron chi connectivity index (χ1n) is 14.4. The Balaban J connectivity index is 1.18. The maximum absolute atomic E-state index is 14.0. The van der Waals surface area contributed by atoms with E-state index in [0.717, 1.165) is 30.2 Å². The average molecular weight is 606 g/mol. The number of nitrogens with one attached hydrogen (secondary N) is 3. The van der Waals surface area contributed by atoms with E-state index in [1.54, 1.807) is 24.4 Å². The second-order valence-electron chi connectivity index (χ2n) is 11.0. The standard InChI is InChI=1S/C32H34F3N7O2/c1-21(2)42-15-13-41(14-16-42)20-22-6-7-24(17-27(22)32(33,34)35)37-30(43)19-31(44)38-25-8-10-26-28(39-40-29(26)18-25)11-9-23-5-3-4-12-36-23/h3-12,17-18,21H,13-16,19-20H2,1-2H3,(H,37,43)(H,38,44)(H,39,40)/b11-9+. The van der Waals surface area contributed by atoms with E-state index in [1.807, 2.05) is 35.3 Å². The first kappa shape index (κ1) is 30.9. The second kappa shape index (κ2) is 13.4. The Morgan fingerprint density at radius 2 is 1.66 bits per heavy atom. The van der Waals surface area contributed by atoms with Crippen molar-refractivity contribution in [2.24, 2.45) is 0 Å². The van der Waals surface area contributed by atoms with Gasteiger partial charge in [-0.05, 0) is 74.0 Å². The number of aromatic nitrogens is 3. The number of amides is 2. The molecule has 0 bridgehead atoms. The van der Waals surface area contributed by atoms with Crippen LogP contribution < -0.4 is 10.6 Å². The largest absolute Gasteiger partial charge is 0.416 e. The number of alkyl halides is 3. The van der Waals surface area contributed by atoms with E-state index in [2.05, 4.69) is 44.6 Å². The molecule has 9 nitrogen and oxygen atoms in total. The van der Waals surface area contributed by atoms with Crippen LogP contribution in [0, 0.1) is 0 Å². The molecule has 230 valence electrons. The van der Waals surface area contributed by atoms with Crippen LogP contribution >= 0.6 is 0 Å². The molecule has 4 aromatic rings. The van der Waals surface area contributed by atoms with Gasteiger partial charge in [0, 0.05) is 61.7 Å². The zero-order valence-corrected chi connectivity index (χ0v) is 24.5. The maximum atomic E-state index is 14.0. The summed E-state index contributed by atoms with van der Waals surface area (Å²) in [6.07, 6.45) is 0.206. The van der Waals surface area contributed by atoms with Gasteiger partial charge in [-0.15, -0.1) is 0 Å². The summed E-state index contributed by atoms with van der Waals surface area (Å²) in [5.74, 6) is -1.33. The Labute approximate surface area is 253 Å². The number of anilines is 2. The highest BCUT2D eigenvalue weighted by Crippen LogP contribution is 2.35. The monoisotopic (exact) mass is 605 g/mol. The third kappa shape index (κ3) is 7.88. The molecule has 0 radical (unpaired) electrons. The topological polar surface area (TPSA) is 106 Å². The predicted molar refractivity (Wildman–Crippen MR) is 165 cm³/mol. The summed E-state index contributed by atoms with van der Waals surface area (Å²) in [6, 6.07) is 14.9. The molecule has 0 saturated carbocycles. The van der Waals surface area contributed by atoms with Crippen molar-refractivity contribution < 1.29 is 22.8 Å². The number of hydrogen-bond acceptors (Lipinski definition) is 6. The van der Waals surface area contributed by atoms with E-state index in [4.69, 9.17) is 0 Å². The van der Waals surface area contributed by atoms with Crippen molar-refractivity contribution in [3.8, 4) is 0 Å². The summed E-state index contributed by atoms with van der Waals surface area (Å²) in [6.45, 7) is 7.34. The SMILES string of the molecule is CC(C)N1CCN(Cc2ccc(NC(=O)CC(=O)Nc3ccc4c(/C=C/c5ccccn5)n[nH]c4c3)cc2C(F)(F)F)CC1. The fourth-order valence-corrected chi connectivity index (χ4v) is 5.18. The lowest BCUT2D eigenvalue weighted by Gasteiger charge is -2.37. The van der Waals surface area contributed by atoms with Gasteiger partial charge in [0.2, 0.25) is 11.8 Å². The minimum absolute atomic E-state index is 0.0198. The van der Waals surface area contributed by atoms with Gasteiger partial charge in [0.15, 0.2) is 0 Å². The Hall–Kier alpha value is -4.55. The molecule has 0 atom stereocenters. The fraction of sp³-hybridized carbons (Fsp3) is 0.312. The number of piperazine rings is 1. The van der Waals surface area contributed by atoms with Crippen LogP contribution in [-0.2, 0) is 22.3 Å². The molecule has 1 saturated heterocycles. The number of aromatic amines is 1.